The monoisotopic (exact) mass is 324 g/mol. The number of carbonyl (C=O) groups excluding carboxylic acids is 1. The van der Waals surface area contributed by atoms with E-state index in [1.54, 1.807) is 6.92 Å². The van der Waals surface area contributed by atoms with Crippen LogP contribution in [0.5, 0.6) is 0 Å². The molecule has 5 heteroatoms. The molecule has 0 fully saturated rings. The first-order valence-electron chi connectivity index (χ1n) is 7.23. The Balaban J connectivity index is 2.30. The van der Waals surface area contributed by atoms with Gasteiger partial charge in [0.15, 0.2) is 0 Å². The third kappa shape index (κ3) is 3.41. The van der Waals surface area contributed by atoms with E-state index in [1.807, 2.05) is 0 Å². The van der Waals surface area contributed by atoms with Crippen molar-refractivity contribution >= 4 is 33.8 Å². The van der Waals surface area contributed by atoms with Crippen molar-refractivity contribution in [1.82, 2.24) is 0 Å². The van der Waals surface area contributed by atoms with E-state index < -0.39 is 5.38 Å². The first kappa shape index (κ1) is 16.3. The molecule has 114 valence electrons. The van der Waals surface area contributed by atoms with Crippen LogP contribution in [0.2, 0.25) is 0 Å². The van der Waals surface area contributed by atoms with Crippen LogP contribution in [0.25, 0.3) is 0 Å². The van der Waals surface area contributed by atoms with Crippen molar-refractivity contribution in [2.45, 2.75) is 52.3 Å². The lowest BCUT2D eigenvalue weighted by molar-refractivity contribution is -0.115. The molecule has 0 unspecified atom stereocenters. The van der Waals surface area contributed by atoms with Crippen LogP contribution in [0, 0.1) is 22.7 Å². The van der Waals surface area contributed by atoms with E-state index in [0.717, 1.165) is 24.8 Å². The SMILES string of the molecule is C[C@H](Cl)C(=O)Nc1sc2c(c1C#N)CC[C@H](C(C)(C)C)C2. The van der Waals surface area contributed by atoms with Crippen LogP contribution in [0.15, 0.2) is 0 Å². The van der Waals surface area contributed by atoms with E-state index >= 15 is 0 Å². The lowest BCUT2D eigenvalue weighted by Gasteiger charge is -2.33. The smallest absolute Gasteiger partial charge is 0.242 e. The summed E-state index contributed by atoms with van der Waals surface area (Å²) in [6, 6.07) is 2.25. The van der Waals surface area contributed by atoms with Gasteiger partial charge in [-0.1, -0.05) is 20.8 Å². The lowest BCUT2D eigenvalue weighted by atomic mass is 9.72. The summed E-state index contributed by atoms with van der Waals surface area (Å²) in [6.45, 7) is 8.42. The molecule has 0 aromatic carbocycles. The number of nitrogens with one attached hydrogen (secondary N) is 1. The summed E-state index contributed by atoms with van der Waals surface area (Å²) < 4.78 is 0. The quantitative estimate of drug-likeness (QED) is 0.823. The number of alkyl halides is 1. The minimum absolute atomic E-state index is 0.251. The van der Waals surface area contributed by atoms with E-state index in [1.165, 1.54) is 16.2 Å². The highest BCUT2D eigenvalue weighted by molar-refractivity contribution is 7.16. The number of anilines is 1. The standard InChI is InChI=1S/C16H21ClN2OS/c1-9(17)14(20)19-15-12(8-18)11-6-5-10(16(2,3)4)7-13(11)21-15/h9-10H,5-7H2,1-4H3,(H,19,20)/t9-,10-/m0/s1. The van der Waals surface area contributed by atoms with Gasteiger partial charge >= 0.3 is 0 Å². The maximum atomic E-state index is 11.8. The summed E-state index contributed by atoms with van der Waals surface area (Å²) in [5.41, 5.74) is 2.02. The molecule has 0 radical (unpaired) electrons. The van der Waals surface area contributed by atoms with Crippen LogP contribution in [-0.4, -0.2) is 11.3 Å². The average Bonchev–Trinajstić information content (AvgIpc) is 2.73. The van der Waals surface area contributed by atoms with Gasteiger partial charge in [-0.15, -0.1) is 22.9 Å². The Morgan fingerprint density at radius 2 is 2.19 bits per heavy atom. The van der Waals surface area contributed by atoms with Crippen LogP contribution in [0.4, 0.5) is 5.00 Å². The first-order valence-corrected chi connectivity index (χ1v) is 8.49. The zero-order valence-electron chi connectivity index (χ0n) is 12.9. The van der Waals surface area contributed by atoms with E-state index in [4.69, 9.17) is 11.6 Å². The predicted molar refractivity (Wildman–Crippen MR) is 87.9 cm³/mol. The predicted octanol–water partition coefficient (Wildman–Crippen LogP) is 4.34. The minimum Gasteiger partial charge on any atom is -0.315 e. The van der Waals surface area contributed by atoms with E-state index in [-0.39, 0.29) is 11.3 Å². The fourth-order valence-electron chi connectivity index (χ4n) is 2.74. The van der Waals surface area contributed by atoms with Gasteiger partial charge in [-0.2, -0.15) is 5.26 Å². The highest BCUT2D eigenvalue weighted by Crippen LogP contribution is 2.43. The second-order valence-electron chi connectivity index (χ2n) is 6.73. The van der Waals surface area contributed by atoms with Gasteiger partial charge in [0.25, 0.3) is 0 Å². The summed E-state index contributed by atoms with van der Waals surface area (Å²) in [6.07, 6.45) is 3.01. The highest BCUT2D eigenvalue weighted by Gasteiger charge is 2.32. The van der Waals surface area contributed by atoms with Crippen LogP contribution in [-0.2, 0) is 17.6 Å². The molecular weight excluding hydrogens is 304 g/mol. The molecule has 1 aliphatic carbocycles. The molecule has 1 heterocycles. The number of nitrogens with zero attached hydrogens (tertiary/aromatic N) is 1. The number of thiophene rings is 1. The van der Waals surface area contributed by atoms with Gasteiger partial charge in [0.1, 0.15) is 16.4 Å². The zero-order chi connectivity index (χ0) is 15.8. The third-order valence-electron chi connectivity index (χ3n) is 4.20. The highest BCUT2D eigenvalue weighted by atomic mass is 35.5. The average molecular weight is 325 g/mol. The number of hydrogen-bond donors (Lipinski definition) is 1. The van der Waals surface area contributed by atoms with E-state index in [0.29, 0.717) is 16.5 Å². The Labute approximate surface area is 135 Å². The minimum atomic E-state index is -0.599. The van der Waals surface area contributed by atoms with Gasteiger partial charge in [-0.3, -0.25) is 4.79 Å². The van der Waals surface area contributed by atoms with E-state index in [9.17, 15) is 10.1 Å². The van der Waals surface area contributed by atoms with Gasteiger partial charge in [0, 0.05) is 4.88 Å². The molecule has 0 saturated heterocycles. The Morgan fingerprint density at radius 1 is 1.52 bits per heavy atom. The number of hydrogen-bond acceptors (Lipinski definition) is 3. The zero-order valence-corrected chi connectivity index (χ0v) is 14.5. The van der Waals surface area contributed by atoms with Gasteiger partial charge < -0.3 is 5.32 Å². The second kappa shape index (κ2) is 5.98. The van der Waals surface area contributed by atoms with Crippen molar-refractivity contribution in [2.24, 2.45) is 11.3 Å². The van der Waals surface area contributed by atoms with Gasteiger partial charge in [0.05, 0.1) is 5.56 Å². The molecule has 1 amide bonds. The maximum Gasteiger partial charge on any atom is 0.242 e. The number of rotatable bonds is 2. The van der Waals surface area contributed by atoms with Crippen molar-refractivity contribution < 1.29 is 4.79 Å². The van der Waals surface area contributed by atoms with Gasteiger partial charge in [-0.05, 0) is 43.1 Å². The fourth-order valence-corrected chi connectivity index (χ4v) is 4.08. The van der Waals surface area contributed by atoms with Crippen molar-refractivity contribution in [3.63, 3.8) is 0 Å². The molecule has 21 heavy (non-hydrogen) atoms. The summed E-state index contributed by atoms with van der Waals surface area (Å²) in [5.74, 6) is 0.366. The number of halogens is 1. The molecule has 2 rings (SSSR count). The first-order chi connectivity index (χ1) is 9.74. The number of nitriles is 1. The molecular formula is C16H21ClN2OS. The van der Waals surface area contributed by atoms with Crippen molar-refractivity contribution in [3.8, 4) is 6.07 Å². The van der Waals surface area contributed by atoms with Crippen molar-refractivity contribution in [3.05, 3.63) is 16.0 Å². The topological polar surface area (TPSA) is 52.9 Å². The van der Waals surface area contributed by atoms with Crippen LogP contribution in [0.3, 0.4) is 0 Å². The Kier molecular flexibility index (Phi) is 4.65. The molecule has 2 atom stereocenters. The molecule has 1 aliphatic rings. The van der Waals surface area contributed by atoms with Crippen LogP contribution >= 0.6 is 22.9 Å². The molecule has 1 N–H and O–H groups in total. The van der Waals surface area contributed by atoms with Gasteiger partial charge in [0.2, 0.25) is 5.91 Å². The van der Waals surface area contributed by atoms with Crippen molar-refractivity contribution in [2.75, 3.05) is 5.32 Å². The fraction of sp³-hybridized carbons (Fsp3) is 0.625. The molecule has 3 nitrogen and oxygen atoms in total. The summed E-state index contributed by atoms with van der Waals surface area (Å²) in [4.78, 5) is 13.0. The Morgan fingerprint density at radius 3 is 2.71 bits per heavy atom. The number of carbonyl (C=O) groups is 1. The van der Waals surface area contributed by atoms with Gasteiger partial charge in [-0.25, -0.2) is 0 Å². The largest absolute Gasteiger partial charge is 0.315 e. The summed E-state index contributed by atoms with van der Waals surface area (Å²) in [5, 5.41) is 12.3. The molecule has 0 bridgehead atoms. The summed E-state index contributed by atoms with van der Waals surface area (Å²) in [7, 11) is 0. The molecule has 0 aliphatic heterocycles. The summed E-state index contributed by atoms with van der Waals surface area (Å²) >= 11 is 7.33. The molecule has 1 aromatic rings. The van der Waals surface area contributed by atoms with Crippen LogP contribution < -0.4 is 5.32 Å². The van der Waals surface area contributed by atoms with Crippen molar-refractivity contribution in [1.29, 1.82) is 5.26 Å². The maximum absolute atomic E-state index is 11.8. The molecule has 0 spiro atoms. The number of amides is 1. The molecule has 0 saturated carbocycles. The third-order valence-corrected chi connectivity index (χ3v) is 5.57. The normalized spacial score (nSPS) is 19.5. The number of fused-ring (bicyclic) bond motifs is 1. The molecule has 1 aromatic heterocycles. The van der Waals surface area contributed by atoms with E-state index in [2.05, 4.69) is 32.2 Å². The Bertz CT molecular complexity index is 593. The van der Waals surface area contributed by atoms with Crippen LogP contribution in [0.1, 0.15) is 50.1 Å². The second-order valence-corrected chi connectivity index (χ2v) is 8.49. The Hall–Kier alpha value is -1.05. The lowest BCUT2D eigenvalue weighted by Crippen LogP contribution is -2.26.